The van der Waals surface area contributed by atoms with Gasteiger partial charge in [0.25, 0.3) is 0 Å². The molecule has 0 atom stereocenters. The Bertz CT molecular complexity index is 1540. The Morgan fingerprint density at radius 2 is 1.72 bits per heavy atom. The van der Waals surface area contributed by atoms with Crippen LogP contribution in [-0.2, 0) is 6.54 Å². The Balaban J connectivity index is 1.47. The van der Waals surface area contributed by atoms with Gasteiger partial charge in [-0.15, -0.1) is 0 Å². The summed E-state index contributed by atoms with van der Waals surface area (Å²) in [5, 5.41) is 9.88. The van der Waals surface area contributed by atoms with Gasteiger partial charge in [-0.3, -0.25) is 0 Å². The molecule has 5 rings (SSSR count). The van der Waals surface area contributed by atoms with E-state index in [9.17, 15) is 9.90 Å². The van der Waals surface area contributed by atoms with Crippen LogP contribution in [0.15, 0.2) is 103 Å². The van der Waals surface area contributed by atoms with Gasteiger partial charge in [-0.2, -0.15) is 0 Å². The summed E-state index contributed by atoms with van der Waals surface area (Å²) in [5.74, 6) is 0.00922. The third-order valence-electron chi connectivity index (χ3n) is 5.90. The Kier molecular flexibility index (Phi) is 6.34. The van der Waals surface area contributed by atoms with E-state index < -0.39 is 5.97 Å². The number of hydrogen-bond donors (Lipinski definition) is 2. The molecule has 2 heterocycles. The Labute approximate surface area is 209 Å². The van der Waals surface area contributed by atoms with Crippen LogP contribution < -0.4 is 10.5 Å². The van der Waals surface area contributed by atoms with E-state index in [1.807, 2.05) is 78.5 Å². The highest BCUT2D eigenvalue weighted by Crippen LogP contribution is 2.31. The van der Waals surface area contributed by atoms with Crippen LogP contribution in [0.5, 0.6) is 11.6 Å². The fourth-order valence-electron chi connectivity index (χ4n) is 4.19. The van der Waals surface area contributed by atoms with Crippen molar-refractivity contribution in [3.8, 4) is 39.7 Å². The van der Waals surface area contributed by atoms with E-state index in [0.717, 1.165) is 27.9 Å². The number of carboxylic acids is 1. The molecular formula is C30H25N3O3. The standard InChI is InChI=1S/C30H25N3O3/c1-20-14-23(22-7-4-6-21(16-22)19-31)17-25(15-20)36-29-9-5-8-28(32-29)26-11-10-24(18-27(26)30(34)35)33-12-2-3-13-33/h2-18H,19,31H2,1H3,(H,34,35). The van der Waals surface area contributed by atoms with Crippen molar-refractivity contribution in [1.29, 1.82) is 0 Å². The summed E-state index contributed by atoms with van der Waals surface area (Å²) in [6, 6.07) is 28.5. The van der Waals surface area contributed by atoms with Gasteiger partial charge in [-0.25, -0.2) is 9.78 Å². The van der Waals surface area contributed by atoms with Gasteiger partial charge >= 0.3 is 5.97 Å². The summed E-state index contributed by atoms with van der Waals surface area (Å²) in [6.07, 6.45) is 3.74. The zero-order chi connectivity index (χ0) is 25.1. The second kappa shape index (κ2) is 9.90. The zero-order valence-corrected chi connectivity index (χ0v) is 19.8. The molecule has 2 aromatic heterocycles. The van der Waals surface area contributed by atoms with Crippen LogP contribution in [0.1, 0.15) is 21.5 Å². The van der Waals surface area contributed by atoms with Crippen molar-refractivity contribution in [2.24, 2.45) is 5.73 Å². The Hall–Kier alpha value is -4.68. The number of carbonyl (C=O) groups is 1. The number of ether oxygens (including phenoxy) is 1. The predicted octanol–water partition coefficient (Wildman–Crippen LogP) is 6.46. The average Bonchev–Trinajstić information content (AvgIpc) is 3.43. The third-order valence-corrected chi connectivity index (χ3v) is 5.90. The van der Waals surface area contributed by atoms with Crippen molar-refractivity contribution in [3.63, 3.8) is 0 Å². The third kappa shape index (κ3) is 4.89. The van der Waals surface area contributed by atoms with Crippen molar-refractivity contribution in [2.75, 3.05) is 0 Å². The van der Waals surface area contributed by atoms with Crippen LogP contribution in [-0.4, -0.2) is 20.6 Å². The number of aromatic carboxylic acids is 1. The number of nitrogens with zero attached hydrogens (tertiary/aromatic N) is 2. The van der Waals surface area contributed by atoms with E-state index >= 15 is 0 Å². The molecule has 36 heavy (non-hydrogen) atoms. The summed E-state index contributed by atoms with van der Waals surface area (Å²) in [6.45, 7) is 2.49. The van der Waals surface area contributed by atoms with Gasteiger partial charge in [0.2, 0.25) is 5.88 Å². The van der Waals surface area contributed by atoms with Crippen LogP contribution in [0.4, 0.5) is 0 Å². The molecule has 178 valence electrons. The van der Waals surface area contributed by atoms with E-state index in [2.05, 4.69) is 17.1 Å². The minimum atomic E-state index is -1.02. The van der Waals surface area contributed by atoms with Gasteiger partial charge in [-0.1, -0.05) is 30.3 Å². The number of pyridine rings is 1. The average molecular weight is 476 g/mol. The summed E-state index contributed by atoms with van der Waals surface area (Å²) in [7, 11) is 0. The molecule has 0 fully saturated rings. The first-order chi connectivity index (χ1) is 17.5. The summed E-state index contributed by atoms with van der Waals surface area (Å²) >= 11 is 0. The summed E-state index contributed by atoms with van der Waals surface area (Å²) in [4.78, 5) is 16.7. The molecule has 3 N–H and O–H groups in total. The van der Waals surface area contributed by atoms with Gasteiger partial charge < -0.3 is 20.1 Å². The first-order valence-electron chi connectivity index (χ1n) is 11.6. The number of carboxylic acid groups (broad SMARTS) is 1. The SMILES string of the molecule is Cc1cc(Oc2cccc(-c3ccc(-n4cccc4)cc3C(=O)O)n2)cc(-c2cccc(CN)c2)c1. The normalized spacial score (nSPS) is 10.8. The molecule has 0 bridgehead atoms. The molecule has 6 heteroatoms. The quantitative estimate of drug-likeness (QED) is 0.282. The van der Waals surface area contributed by atoms with Crippen LogP contribution in [0.25, 0.3) is 28.1 Å². The molecule has 0 saturated carbocycles. The monoisotopic (exact) mass is 475 g/mol. The molecule has 3 aromatic carbocycles. The second-order valence-corrected chi connectivity index (χ2v) is 8.53. The zero-order valence-electron chi connectivity index (χ0n) is 19.8. The lowest BCUT2D eigenvalue weighted by Crippen LogP contribution is -2.03. The largest absolute Gasteiger partial charge is 0.478 e. The smallest absolute Gasteiger partial charge is 0.336 e. The second-order valence-electron chi connectivity index (χ2n) is 8.53. The molecule has 0 amide bonds. The lowest BCUT2D eigenvalue weighted by Gasteiger charge is -2.12. The molecule has 0 aliphatic rings. The maximum absolute atomic E-state index is 12.1. The lowest BCUT2D eigenvalue weighted by molar-refractivity contribution is 0.0697. The maximum atomic E-state index is 12.1. The number of aryl methyl sites for hydroxylation is 1. The maximum Gasteiger partial charge on any atom is 0.336 e. The number of rotatable bonds is 7. The van der Waals surface area contributed by atoms with Gasteiger partial charge in [0.1, 0.15) is 5.75 Å². The van der Waals surface area contributed by atoms with E-state index in [1.54, 1.807) is 24.3 Å². The van der Waals surface area contributed by atoms with Gasteiger partial charge in [-0.05, 0) is 83.8 Å². The van der Waals surface area contributed by atoms with E-state index in [1.165, 1.54) is 0 Å². The van der Waals surface area contributed by atoms with Gasteiger partial charge in [0, 0.05) is 36.3 Å². The number of aromatic nitrogens is 2. The molecule has 0 aliphatic carbocycles. The van der Waals surface area contributed by atoms with Crippen molar-refractivity contribution in [3.05, 3.63) is 120 Å². The first-order valence-corrected chi connectivity index (χ1v) is 11.6. The van der Waals surface area contributed by atoms with Gasteiger partial charge in [0.15, 0.2) is 0 Å². The first kappa shape index (κ1) is 23.1. The highest BCUT2D eigenvalue weighted by Gasteiger charge is 2.15. The van der Waals surface area contributed by atoms with Crippen molar-refractivity contribution in [1.82, 2.24) is 9.55 Å². The highest BCUT2D eigenvalue weighted by molar-refractivity contribution is 5.96. The fourth-order valence-corrected chi connectivity index (χ4v) is 4.19. The van der Waals surface area contributed by atoms with Crippen molar-refractivity contribution < 1.29 is 14.6 Å². The van der Waals surface area contributed by atoms with E-state index in [0.29, 0.717) is 29.4 Å². The Morgan fingerprint density at radius 3 is 2.50 bits per heavy atom. The predicted molar refractivity (Wildman–Crippen MR) is 141 cm³/mol. The summed E-state index contributed by atoms with van der Waals surface area (Å²) < 4.78 is 8.00. The Morgan fingerprint density at radius 1 is 0.917 bits per heavy atom. The molecule has 0 unspecified atom stereocenters. The van der Waals surface area contributed by atoms with E-state index in [4.69, 9.17) is 10.5 Å². The minimum absolute atomic E-state index is 0.170. The number of benzene rings is 3. The topological polar surface area (TPSA) is 90.4 Å². The number of hydrogen-bond acceptors (Lipinski definition) is 4. The number of nitrogens with two attached hydrogens (primary N) is 1. The molecular weight excluding hydrogens is 450 g/mol. The summed E-state index contributed by atoms with van der Waals surface area (Å²) in [5.41, 5.74) is 12.0. The fraction of sp³-hybridized carbons (Fsp3) is 0.0667. The molecule has 6 nitrogen and oxygen atoms in total. The van der Waals surface area contributed by atoms with Crippen LogP contribution in [0, 0.1) is 6.92 Å². The van der Waals surface area contributed by atoms with Crippen molar-refractivity contribution >= 4 is 5.97 Å². The van der Waals surface area contributed by atoms with Crippen LogP contribution in [0.3, 0.4) is 0 Å². The highest BCUT2D eigenvalue weighted by atomic mass is 16.5. The van der Waals surface area contributed by atoms with Crippen LogP contribution in [0.2, 0.25) is 0 Å². The molecule has 0 saturated heterocycles. The van der Waals surface area contributed by atoms with E-state index in [-0.39, 0.29) is 5.56 Å². The molecule has 0 spiro atoms. The minimum Gasteiger partial charge on any atom is -0.478 e. The molecule has 0 radical (unpaired) electrons. The van der Waals surface area contributed by atoms with Gasteiger partial charge in [0.05, 0.1) is 11.3 Å². The van der Waals surface area contributed by atoms with Crippen molar-refractivity contribution in [2.45, 2.75) is 13.5 Å². The van der Waals surface area contributed by atoms with Crippen LogP contribution >= 0.6 is 0 Å². The lowest BCUT2D eigenvalue weighted by atomic mass is 10.0. The molecule has 0 aliphatic heterocycles. The molecule has 5 aromatic rings.